The maximum atomic E-state index is 13.3. The Morgan fingerprint density at radius 3 is 2.55 bits per heavy atom. The first-order chi connectivity index (χ1) is 13.8. The molecule has 0 saturated heterocycles. The Hall–Kier alpha value is -3.27. The molecule has 1 aromatic carbocycles. The molecule has 7 nitrogen and oxygen atoms in total. The fourth-order valence-corrected chi connectivity index (χ4v) is 2.40. The van der Waals surface area contributed by atoms with E-state index in [0.29, 0.717) is 23.7 Å². The maximum absolute atomic E-state index is 13.3. The van der Waals surface area contributed by atoms with Crippen molar-refractivity contribution in [1.82, 2.24) is 19.7 Å². The Labute approximate surface area is 163 Å². The summed E-state index contributed by atoms with van der Waals surface area (Å²) in [6, 6.07) is 8.74. The van der Waals surface area contributed by atoms with Gasteiger partial charge in [0.05, 0.1) is 18.8 Å². The number of hydrogen-bond donors (Lipinski definition) is 0. The topological polar surface area (TPSA) is 79.1 Å². The molecular formula is C19H17F3N4O3. The van der Waals surface area contributed by atoms with Gasteiger partial charge in [-0.25, -0.2) is 19.0 Å². The number of benzene rings is 1. The predicted molar refractivity (Wildman–Crippen MR) is 97.1 cm³/mol. The number of halogens is 3. The van der Waals surface area contributed by atoms with Crippen molar-refractivity contribution in [3.8, 4) is 17.3 Å². The van der Waals surface area contributed by atoms with Crippen molar-refractivity contribution in [2.45, 2.75) is 19.6 Å². The second-order valence-corrected chi connectivity index (χ2v) is 6.10. The molecule has 2 heterocycles. The molecule has 0 aliphatic carbocycles. The number of nitrogens with zero attached hydrogens (tertiary/aromatic N) is 4. The summed E-state index contributed by atoms with van der Waals surface area (Å²) >= 11 is 0. The minimum Gasteiger partial charge on any atom is -0.461 e. The third kappa shape index (κ3) is 6.11. The quantitative estimate of drug-likeness (QED) is 0.536. The van der Waals surface area contributed by atoms with E-state index in [1.54, 1.807) is 12.1 Å². The highest BCUT2D eigenvalue weighted by atomic mass is 19.3. The van der Waals surface area contributed by atoms with Crippen LogP contribution in [0, 0.1) is 5.82 Å². The molecule has 29 heavy (non-hydrogen) atoms. The highest BCUT2D eigenvalue weighted by molar-refractivity contribution is 5.55. The number of rotatable bonds is 8. The van der Waals surface area contributed by atoms with Crippen LogP contribution in [0.15, 0.2) is 53.6 Å². The first-order valence-corrected chi connectivity index (χ1v) is 8.60. The molecule has 0 aliphatic heterocycles. The standard InChI is InChI=1S/C19H17F3N4O3/c1-19(21,22)29-8-7-28-18-23-10-14(11-24-18)16-5-6-17(27)26(25-16)12-13-3-2-4-15(20)9-13/h2-6,9-11H,7-8,12H2,1H3. The highest BCUT2D eigenvalue weighted by Crippen LogP contribution is 2.16. The Morgan fingerprint density at radius 1 is 1.10 bits per heavy atom. The Kier molecular flexibility index (Phi) is 6.23. The monoisotopic (exact) mass is 406 g/mol. The van der Waals surface area contributed by atoms with Gasteiger partial charge in [0.1, 0.15) is 12.4 Å². The normalized spacial score (nSPS) is 11.4. The fourth-order valence-electron chi connectivity index (χ4n) is 2.40. The fraction of sp³-hybridized carbons (Fsp3) is 0.263. The van der Waals surface area contributed by atoms with E-state index in [-0.39, 0.29) is 31.3 Å². The maximum Gasteiger partial charge on any atom is 0.353 e. The Bertz CT molecular complexity index is 1020. The van der Waals surface area contributed by atoms with Crippen LogP contribution in [0.2, 0.25) is 0 Å². The first kappa shape index (κ1) is 20.5. The van der Waals surface area contributed by atoms with Gasteiger partial charge in [-0.05, 0) is 23.8 Å². The molecule has 0 aliphatic rings. The molecule has 0 atom stereocenters. The molecule has 10 heteroatoms. The lowest BCUT2D eigenvalue weighted by Crippen LogP contribution is -2.23. The summed E-state index contributed by atoms with van der Waals surface area (Å²) in [5, 5.41) is 4.26. The summed E-state index contributed by atoms with van der Waals surface area (Å²) in [5.74, 6) is -0.399. The largest absolute Gasteiger partial charge is 0.461 e. The van der Waals surface area contributed by atoms with Gasteiger partial charge in [0.25, 0.3) is 5.56 Å². The van der Waals surface area contributed by atoms with E-state index in [1.165, 1.54) is 41.3 Å². The van der Waals surface area contributed by atoms with E-state index >= 15 is 0 Å². The van der Waals surface area contributed by atoms with Crippen LogP contribution < -0.4 is 10.3 Å². The van der Waals surface area contributed by atoms with Gasteiger partial charge in [0.15, 0.2) is 0 Å². The van der Waals surface area contributed by atoms with Gasteiger partial charge in [-0.3, -0.25) is 4.79 Å². The third-order valence-corrected chi connectivity index (χ3v) is 3.68. The molecule has 0 unspecified atom stereocenters. The van der Waals surface area contributed by atoms with Crippen LogP contribution in [-0.2, 0) is 11.3 Å². The third-order valence-electron chi connectivity index (χ3n) is 3.68. The van der Waals surface area contributed by atoms with Gasteiger partial charge in [0, 0.05) is 30.9 Å². The molecule has 0 bridgehead atoms. The molecular weight excluding hydrogens is 389 g/mol. The second kappa shape index (κ2) is 8.82. The van der Waals surface area contributed by atoms with E-state index in [2.05, 4.69) is 19.8 Å². The van der Waals surface area contributed by atoms with E-state index in [4.69, 9.17) is 4.74 Å². The number of ether oxygens (including phenoxy) is 2. The summed E-state index contributed by atoms with van der Waals surface area (Å²) in [7, 11) is 0. The van der Waals surface area contributed by atoms with Crippen LogP contribution in [0.4, 0.5) is 13.2 Å². The van der Waals surface area contributed by atoms with Crippen LogP contribution in [0.25, 0.3) is 11.3 Å². The van der Waals surface area contributed by atoms with Crippen LogP contribution in [0.3, 0.4) is 0 Å². The zero-order chi connectivity index (χ0) is 20.9. The van der Waals surface area contributed by atoms with Crippen molar-refractivity contribution in [2.75, 3.05) is 13.2 Å². The van der Waals surface area contributed by atoms with Crippen molar-refractivity contribution < 1.29 is 22.6 Å². The van der Waals surface area contributed by atoms with Gasteiger partial charge >= 0.3 is 12.1 Å². The van der Waals surface area contributed by atoms with E-state index in [1.807, 2.05) is 0 Å². The summed E-state index contributed by atoms with van der Waals surface area (Å²) < 4.78 is 49.0. The molecule has 3 rings (SSSR count). The minimum absolute atomic E-state index is 0.00940. The molecule has 0 N–H and O–H groups in total. The van der Waals surface area contributed by atoms with Crippen molar-refractivity contribution in [3.05, 3.63) is 70.5 Å². The lowest BCUT2D eigenvalue weighted by molar-refractivity contribution is -0.226. The number of alkyl halides is 2. The molecule has 3 aromatic rings. The zero-order valence-corrected chi connectivity index (χ0v) is 15.4. The smallest absolute Gasteiger partial charge is 0.353 e. The van der Waals surface area contributed by atoms with Gasteiger partial charge in [-0.15, -0.1) is 0 Å². The number of aromatic nitrogens is 4. The molecule has 0 fully saturated rings. The van der Waals surface area contributed by atoms with Crippen LogP contribution >= 0.6 is 0 Å². The molecule has 0 saturated carbocycles. The van der Waals surface area contributed by atoms with Gasteiger partial charge < -0.3 is 9.47 Å². The SMILES string of the molecule is CC(F)(F)OCCOc1ncc(-c2ccc(=O)n(Cc3cccc(F)c3)n2)cn1. The average molecular weight is 406 g/mol. The van der Waals surface area contributed by atoms with Crippen molar-refractivity contribution >= 4 is 0 Å². The van der Waals surface area contributed by atoms with Gasteiger partial charge in [-0.2, -0.15) is 13.9 Å². The van der Waals surface area contributed by atoms with Crippen LogP contribution in [0.5, 0.6) is 6.01 Å². The lowest BCUT2D eigenvalue weighted by Gasteiger charge is -2.11. The first-order valence-electron chi connectivity index (χ1n) is 8.60. The van der Waals surface area contributed by atoms with Gasteiger partial charge in [-0.1, -0.05) is 12.1 Å². The molecule has 0 spiro atoms. The lowest BCUT2D eigenvalue weighted by atomic mass is 10.2. The summed E-state index contributed by atoms with van der Waals surface area (Å²) in [5.41, 5.74) is 1.20. The van der Waals surface area contributed by atoms with Crippen LogP contribution in [0.1, 0.15) is 12.5 Å². The Morgan fingerprint density at radius 2 is 1.86 bits per heavy atom. The van der Waals surface area contributed by atoms with E-state index < -0.39 is 11.9 Å². The second-order valence-electron chi connectivity index (χ2n) is 6.10. The van der Waals surface area contributed by atoms with Crippen molar-refractivity contribution in [2.24, 2.45) is 0 Å². The zero-order valence-electron chi connectivity index (χ0n) is 15.4. The average Bonchev–Trinajstić information content (AvgIpc) is 2.67. The summed E-state index contributed by atoms with van der Waals surface area (Å²) in [6.45, 7) is 0.286. The van der Waals surface area contributed by atoms with Crippen LogP contribution in [-0.4, -0.2) is 39.1 Å². The highest BCUT2D eigenvalue weighted by Gasteiger charge is 2.21. The summed E-state index contributed by atoms with van der Waals surface area (Å²) in [6.07, 6.45) is -0.373. The van der Waals surface area contributed by atoms with E-state index in [0.717, 1.165) is 0 Å². The molecule has 0 amide bonds. The van der Waals surface area contributed by atoms with E-state index in [9.17, 15) is 18.0 Å². The molecule has 152 valence electrons. The minimum atomic E-state index is -3.23. The summed E-state index contributed by atoms with van der Waals surface area (Å²) in [4.78, 5) is 20.0. The Balaban J connectivity index is 1.68. The van der Waals surface area contributed by atoms with Gasteiger partial charge in [0.2, 0.25) is 0 Å². The van der Waals surface area contributed by atoms with Crippen molar-refractivity contribution in [1.29, 1.82) is 0 Å². The van der Waals surface area contributed by atoms with Crippen molar-refractivity contribution in [3.63, 3.8) is 0 Å². The molecule has 0 radical (unpaired) electrons. The predicted octanol–water partition coefficient (Wildman–Crippen LogP) is 2.90. The molecule has 2 aromatic heterocycles. The number of hydrogen-bond acceptors (Lipinski definition) is 6.